The van der Waals surface area contributed by atoms with E-state index in [2.05, 4.69) is 10.3 Å². The molecule has 2 amide bonds. The van der Waals surface area contributed by atoms with Crippen molar-refractivity contribution in [3.8, 4) is 0 Å². The Hall–Kier alpha value is -2.86. The standard InChI is InChI=1S/C24H27ClN4O2/c1-17-20(29-14-4-3-5-21(29)26-17)16-28(2)23(31)11-13-24(12-10-22(30)27-24)15-18-6-8-19(25)9-7-18/h3-9,14H,10-13,15-16H2,1-2H3,(H,27,30)/t24-/m1/s1. The molecule has 0 saturated carbocycles. The first-order chi connectivity index (χ1) is 14.8. The number of rotatable bonds is 7. The van der Waals surface area contributed by atoms with Crippen LogP contribution in [0.15, 0.2) is 48.7 Å². The Morgan fingerprint density at radius 1 is 1.26 bits per heavy atom. The molecule has 1 atom stereocenters. The second-order valence-corrected chi connectivity index (χ2v) is 8.89. The average molecular weight is 439 g/mol. The Morgan fingerprint density at radius 3 is 2.74 bits per heavy atom. The first kappa shape index (κ1) is 21.4. The van der Waals surface area contributed by atoms with Gasteiger partial charge in [-0.05, 0) is 56.0 Å². The fraction of sp³-hybridized carbons (Fsp3) is 0.375. The summed E-state index contributed by atoms with van der Waals surface area (Å²) in [5, 5.41) is 3.83. The number of amides is 2. The summed E-state index contributed by atoms with van der Waals surface area (Å²) in [5.41, 5.74) is 3.53. The number of nitrogens with one attached hydrogen (secondary N) is 1. The molecular formula is C24H27ClN4O2. The van der Waals surface area contributed by atoms with Crippen LogP contribution in [0.2, 0.25) is 5.02 Å². The normalized spacial score (nSPS) is 18.4. The zero-order valence-corrected chi connectivity index (χ0v) is 18.7. The van der Waals surface area contributed by atoms with Crippen LogP contribution in [0, 0.1) is 6.92 Å². The van der Waals surface area contributed by atoms with Gasteiger partial charge in [-0.3, -0.25) is 9.59 Å². The number of aryl methyl sites for hydroxylation is 1. The summed E-state index contributed by atoms with van der Waals surface area (Å²) < 4.78 is 2.03. The molecule has 1 saturated heterocycles. The molecule has 0 bridgehead atoms. The van der Waals surface area contributed by atoms with Gasteiger partial charge in [-0.1, -0.05) is 29.8 Å². The summed E-state index contributed by atoms with van der Waals surface area (Å²) >= 11 is 6.00. The number of halogens is 1. The van der Waals surface area contributed by atoms with Crippen molar-refractivity contribution in [3.05, 3.63) is 70.6 Å². The summed E-state index contributed by atoms with van der Waals surface area (Å²) in [6, 6.07) is 13.6. The van der Waals surface area contributed by atoms with Gasteiger partial charge >= 0.3 is 0 Å². The lowest BCUT2D eigenvalue weighted by atomic mass is 9.85. The molecular weight excluding hydrogens is 412 g/mol. The smallest absolute Gasteiger partial charge is 0.222 e. The van der Waals surface area contributed by atoms with E-state index < -0.39 is 0 Å². The van der Waals surface area contributed by atoms with Gasteiger partial charge in [0.2, 0.25) is 11.8 Å². The average Bonchev–Trinajstić information content (AvgIpc) is 3.27. The van der Waals surface area contributed by atoms with Gasteiger partial charge < -0.3 is 14.6 Å². The van der Waals surface area contributed by atoms with E-state index in [1.54, 1.807) is 4.90 Å². The highest BCUT2D eigenvalue weighted by atomic mass is 35.5. The SMILES string of the molecule is Cc1nc2ccccn2c1CN(C)C(=O)CC[C@@]1(Cc2ccc(Cl)cc2)CCC(=O)N1. The number of benzene rings is 1. The highest BCUT2D eigenvalue weighted by molar-refractivity contribution is 6.30. The van der Waals surface area contributed by atoms with E-state index >= 15 is 0 Å². The van der Waals surface area contributed by atoms with Crippen LogP contribution in [0.4, 0.5) is 0 Å². The topological polar surface area (TPSA) is 66.7 Å². The zero-order chi connectivity index (χ0) is 22.0. The van der Waals surface area contributed by atoms with Crippen LogP contribution in [0.3, 0.4) is 0 Å². The second kappa shape index (κ2) is 8.71. The molecule has 162 valence electrons. The molecule has 3 heterocycles. The van der Waals surface area contributed by atoms with E-state index in [-0.39, 0.29) is 17.4 Å². The summed E-state index contributed by atoms with van der Waals surface area (Å²) in [5.74, 6) is 0.109. The minimum absolute atomic E-state index is 0.0520. The summed E-state index contributed by atoms with van der Waals surface area (Å²) in [6.45, 7) is 2.46. The Labute approximate surface area is 187 Å². The first-order valence-electron chi connectivity index (χ1n) is 10.6. The largest absolute Gasteiger partial charge is 0.350 e. The van der Waals surface area contributed by atoms with Crippen LogP contribution in [0.5, 0.6) is 0 Å². The van der Waals surface area contributed by atoms with E-state index in [0.717, 1.165) is 29.0 Å². The fourth-order valence-corrected chi connectivity index (χ4v) is 4.51. The number of imidazole rings is 1. The maximum absolute atomic E-state index is 13.0. The number of carbonyl (C=O) groups excluding carboxylic acids is 2. The van der Waals surface area contributed by atoms with Crippen molar-refractivity contribution in [1.82, 2.24) is 19.6 Å². The van der Waals surface area contributed by atoms with Crippen molar-refractivity contribution in [2.45, 2.75) is 51.1 Å². The molecule has 0 aliphatic carbocycles. The van der Waals surface area contributed by atoms with Crippen LogP contribution in [0.1, 0.15) is 42.6 Å². The van der Waals surface area contributed by atoms with E-state index in [4.69, 9.17) is 11.6 Å². The lowest BCUT2D eigenvalue weighted by Gasteiger charge is -2.30. The minimum Gasteiger partial charge on any atom is -0.350 e. The van der Waals surface area contributed by atoms with Crippen LogP contribution < -0.4 is 5.32 Å². The monoisotopic (exact) mass is 438 g/mol. The fourth-order valence-electron chi connectivity index (χ4n) is 4.38. The van der Waals surface area contributed by atoms with Crippen molar-refractivity contribution >= 4 is 29.1 Å². The number of aromatic nitrogens is 2. The van der Waals surface area contributed by atoms with Gasteiger partial charge in [0.15, 0.2) is 0 Å². The van der Waals surface area contributed by atoms with Crippen molar-refractivity contribution in [1.29, 1.82) is 0 Å². The maximum Gasteiger partial charge on any atom is 0.222 e. The van der Waals surface area contributed by atoms with Gasteiger partial charge in [-0.25, -0.2) is 4.98 Å². The molecule has 4 rings (SSSR count). The lowest BCUT2D eigenvalue weighted by Crippen LogP contribution is -2.44. The first-order valence-corrected chi connectivity index (χ1v) is 10.9. The molecule has 7 heteroatoms. The molecule has 0 unspecified atom stereocenters. The van der Waals surface area contributed by atoms with E-state index in [0.29, 0.717) is 37.3 Å². The number of pyridine rings is 1. The van der Waals surface area contributed by atoms with Crippen LogP contribution in [-0.4, -0.2) is 38.7 Å². The van der Waals surface area contributed by atoms with Gasteiger partial charge in [-0.15, -0.1) is 0 Å². The van der Waals surface area contributed by atoms with Gasteiger partial charge in [0.1, 0.15) is 5.65 Å². The lowest BCUT2D eigenvalue weighted by molar-refractivity contribution is -0.131. The Bertz CT molecular complexity index is 1110. The zero-order valence-electron chi connectivity index (χ0n) is 17.9. The Morgan fingerprint density at radius 2 is 2.03 bits per heavy atom. The van der Waals surface area contributed by atoms with Crippen molar-refractivity contribution in [2.24, 2.45) is 0 Å². The van der Waals surface area contributed by atoms with E-state index in [1.807, 2.05) is 67.0 Å². The maximum atomic E-state index is 13.0. The van der Waals surface area contributed by atoms with Crippen LogP contribution in [-0.2, 0) is 22.6 Å². The molecule has 1 N–H and O–H groups in total. The van der Waals surface area contributed by atoms with Gasteiger partial charge in [0, 0.05) is 36.6 Å². The third-order valence-corrected chi connectivity index (χ3v) is 6.40. The van der Waals surface area contributed by atoms with Crippen molar-refractivity contribution in [2.75, 3.05) is 7.05 Å². The highest BCUT2D eigenvalue weighted by Crippen LogP contribution is 2.30. The molecule has 6 nitrogen and oxygen atoms in total. The summed E-state index contributed by atoms with van der Waals surface area (Å²) in [7, 11) is 1.82. The number of hydrogen-bond donors (Lipinski definition) is 1. The molecule has 31 heavy (non-hydrogen) atoms. The molecule has 1 fully saturated rings. The van der Waals surface area contributed by atoms with Gasteiger partial charge in [0.05, 0.1) is 17.9 Å². The number of hydrogen-bond acceptors (Lipinski definition) is 3. The molecule has 3 aromatic rings. The Kier molecular flexibility index (Phi) is 6.01. The molecule has 0 radical (unpaired) electrons. The molecule has 2 aromatic heterocycles. The number of carbonyl (C=O) groups is 2. The molecule has 1 aromatic carbocycles. The predicted octanol–water partition coefficient (Wildman–Crippen LogP) is 3.93. The van der Waals surface area contributed by atoms with Gasteiger partial charge in [-0.2, -0.15) is 0 Å². The van der Waals surface area contributed by atoms with E-state index in [9.17, 15) is 9.59 Å². The quantitative estimate of drug-likeness (QED) is 0.607. The number of fused-ring (bicyclic) bond motifs is 1. The van der Waals surface area contributed by atoms with Crippen LogP contribution in [0.25, 0.3) is 5.65 Å². The van der Waals surface area contributed by atoms with Crippen molar-refractivity contribution < 1.29 is 9.59 Å². The van der Waals surface area contributed by atoms with Gasteiger partial charge in [0.25, 0.3) is 0 Å². The Balaban J connectivity index is 1.43. The highest BCUT2D eigenvalue weighted by Gasteiger charge is 2.38. The molecule has 1 aliphatic rings. The third-order valence-electron chi connectivity index (χ3n) is 6.15. The van der Waals surface area contributed by atoms with E-state index in [1.165, 1.54) is 0 Å². The number of nitrogens with zero attached hydrogens (tertiary/aromatic N) is 3. The second-order valence-electron chi connectivity index (χ2n) is 8.45. The molecule has 0 spiro atoms. The molecule has 1 aliphatic heterocycles. The minimum atomic E-state index is -0.388. The van der Waals surface area contributed by atoms with Crippen LogP contribution >= 0.6 is 11.6 Å². The van der Waals surface area contributed by atoms with Crippen molar-refractivity contribution in [3.63, 3.8) is 0 Å². The summed E-state index contributed by atoms with van der Waals surface area (Å²) in [4.78, 5) is 31.3. The third kappa shape index (κ3) is 4.74. The predicted molar refractivity (Wildman–Crippen MR) is 121 cm³/mol. The summed E-state index contributed by atoms with van der Waals surface area (Å²) in [6.07, 6.45) is 4.88.